The average molecular weight is 358 g/mol. The Balaban J connectivity index is 1.69. The van der Waals surface area contributed by atoms with E-state index < -0.39 is 11.7 Å². The van der Waals surface area contributed by atoms with Gasteiger partial charge in [0.25, 0.3) is 0 Å². The standard InChI is InChI=1S/C19H17F3N4/c1-13-4-2-5-14(8-13)11-23-17-10-18(25-12-24-17)26-16-7-3-6-15(9-16)19(20,21)22/h2-10,12H,11H2,1H3,(H2,23,24,25,26). The molecule has 4 nitrogen and oxygen atoms in total. The van der Waals surface area contributed by atoms with Gasteiger partial charge in [0.1, 0.15) is 18.0 Å². The predicted octanol–water partition coefficient (Wildman–Crippen LogP) is 5.16. The summed E-state index contributed by atoms with van der Waals surface area (Å²) >= 11 is 0. The Kier molecular flexibility index (Phi) is 5.06. The predicted molar refractivity (Wildman–Crippen MR) is 95.3 cm³/mol. The fraction of sp³-hybridized carbons (Fsp3) is 0.158. The van der Waals surface area contributed by atoms with E-state index in [1.54, 1.807) is 12.1 Å². The maximum Gasteiger partial charge on any atom is 0.416 e. The highest BCUT2D eigenvalue weighted by Crippen LogP contribution is 2.31. The molecule has 0 amide bonds. The second kappa shape index (κ2) is 7.43. The van der Waals surface area contributed by atoms with Crippen LogP contribution in [0.15, 0.2) is 60.9 Å². The fourth-order valence-electron chi connectivity index (χ4n) is 2.46. The Morgan fingerprint density at radius 3 is 2.46 bits per heavy atom. The SMILES string of the molecule is Cc1cccc(CNc2cc(Nc3cccc(C(F)(F)F)c3)ncn2)c1. The summed E-state index contributed by atoms with van der Waals surface area (Å²) in [7, 11) is 0. The normalized spacial score (nSPS) is 11.2. The van der Waals surface area contributed by atoms with E-state index in [0.29, 0.717) is 23.9 Å². The first-order chi connectivity index (χ1) is 12.4. The molecule has 0 aliphatic rings. The summed E-state index contributed by atoms with van der Waals surface area (Å²) in [4.78, 5) is 8.19. The Bertz CT molecular complexity index is 894. The van der Waals surface area contributed by atoms with Crippen LogP contribution in [0.3, 0.4) is 0 Å². The third kappa shape index (κ3) is 4.72. The Hall–Kier alpha value is -3.09. The second-order valence-corrected chi connectivity index (χ2v) is 5.83. The molecule has 1 heterocycles. The molecule has 0 fully saturated rings. The lowest BCUT2D eigenvalue weighted by atomic mass is 10.1. The van der Waals surface area contributed by atoms with Crippen LogP contribution in [0.1, 0.15) is 16.7 Å². The van der Waals surface area contributed by atoms with Crippen LogP contribution >= 0.6 is 0 Å². The van der Waals surface area contributed by atoms with Gasteiger partial charge < -0.3 is 10.6 Å². The van der Waals surface area contributed by atoms with E-state index in [0.717, 1.165) is 17.7 Å². The number of halogens is 3. The van der Waals surface area contributed by atoms with E-state index in [1.807, 2.05) is 25.1 Å². The van der Waals surface area contributed by atoms with Crippen LogP contribution in [0, 0.1) is 6.92 Å². The first kappa shape index (κ1) is 17.7. The van der Waals surface area contributed by atoms with Gasteiger partial charge >= 0.3 is 6.18 Å². The maximum absolute atomic E-state index is 12.8. The largest absolute Gasteiger partial charge is 0.416 e. The van der Waals surface area contributed by atoms with E-state index in [-0.39, 0.29) is 0 Å². The van der Waals surface area contributed by atoms with Crippen molar-refractivity contribution >= 4 is 17.3 Å². The van der Waals surface area contributed by atoms with Gasteiger partial charge in [-0.1, -0.05) is 35.9 Å². The molecule has 2 aromatic carbocycles. The summed E-state index contributed by atoms with van der Waals surface area (Å²) in [5.74, 6) is 0.988. The zero-order valence-electron chi connectivity index (χ0n) is 14.0. The van der Waals surface area contributed by atoms with Crippen molar-refractivity contribution in [1.82, 2.24) is 9.97 Å². The van der Waals surface area contributed by atoms with E-state index in [1.165, 1.54) is 18.0 Å². The number of hydrogen-bond donors (Lipinski definition) is 2. The zero-order valence-corrected chi connectivity index (χ0v) is 14.0. The summed E-state index contributed by atoms with van der Waals surface area (Å²) < 4.78 is 38.4. The Morgan fingerprint density at radius 2 is 1.69 bits per heavy atom. The third-order valence-corrected chi connectivity index (χ3v) is 3.69. The minimum Gasteiger partial charge on any atom is -0.366 e. The molecule has 7 heteroatoms. The molecule has 0 aliphatic heterocycles. The molecule has 26 heavy (non-hydrogen) atoms. The van der Waals surface area contributed by atoms with Gasteiger partial charge in [-0.25, -0.2) is 9.97 Å². The van der Waals surface area contributed by atoms with Gasteiger partial charge in [0, 0.05) is 18.3 Å². The van der Waals surface area contributed by atoms with Crippen molar-refractivity contribution in [3.05, 3.63) is 77.6 Å². The van der Waals surface area contributed by atoms with Gasteiger partial charge in [-0.2, -0.15) is 13.2 Å². The lowest BCUT2D eigenvalue weighted by Gasteiger charge is -2.11. The van der Waals surface area contributed by atoms with Gasteiger partial charge in [-0.15, -0.1) is 0 Å². The van der Waals surface area contributed by atoms with Crippen molar-refractivity contribution in [3.8, 4) is 0 Å². The van der Waals surface area contributed by atoms with Crippen molar-refractivity contribution < 1.29 is 13.2 Å². The number of rotatable bonds is 5. The van der Waals surface area contributed by atoms with Crippen molar-refractivity contribution in [2.24, 2.45) is 0 Å². The number of aromatic nitrogens is 2. The van der Waals surface area contributed by atoms with Gasteiger partial charge in [-0.05, 0) is 30.7 Å². The number of aryl methyl sites for hydroxylation is 1. The number of benzene rings is 2. The minimum absolute atomic E-state index is 0.308. The lowest BCUT2D eigenvalue weighted by molar-refractivity contribution is -0.137. The molecule has 1 aromatic heterocycles. The van der Waals surface area contributed by atoms with Crippen molar-refractivity contribution in [2.45, 2.75) is 19.6 Å². The van der Waals surface area contributed by atoms with Gasteiger partial charge in [0.2, 0.25) is 0 Å². The summed E-state index contributed by atoms with van der Waals surface area (Å²) in [6.07, 6.45) is -3.03. The molecule has 0 aliphatic carbocycles. The van der Waals surface area contributed by atoms with E-state index in [4.69, 9.17) is 0 Å². The van der Waals surface area contributed by atoms with Crippen LogP contribution in [0.5, 0.6) is 0 Å². The highest BCUT2D eigenvalue weighted by atomic mass is 19.4. The van der Waals surface area contributed by atoms with Crippen LogP contribution in [-0.4, -0.2) is 9.97 Å². The van der Waals surface area contributed by atoms with Crippen LogP contribution in [0.4, 0.5) is 30.5 Å². The van der Waals surface area contributed by atoms with E-state index >= 15 is 0 Å². The molecule has 0 saturated carbocycles. The molecule has 0 spiro atoms. The number of nitrogens with one attached hydrogen (secondary N) is 2. The van der Waals surface area contributed by atoms with Gasteiger partial charge in [0.05, 0.1) is 5.56 Å². The third-order valence-electron chi connectivity index (χ3n) is 3.69. The van der Waals surface area contributed by atoms with Crippen molar-refractivity contribution in [1.29, 1.82) is 0 Å². The summed E-state index contributed by atoms with van der Waals surface area (Å²) in [5, 5.41) is 6.05. The van der Waals surface area contributed by atoms with Crippen LogP contribution in [-0.2, 0) is 12.7 Å². The molecule has 0 unspecified atom stereocenters. The monoisotopic (exact) mass is 358 g/mol. The second-order valence-electron chi connectivity index (χ2n) is 5.83. The topological polar surface area (TPSA) is 49.8 Å². The van der Waals surface area contributed by atoms with E-state index in [9.17, 15) is 13.2 Å². The van der Waals surface area contributed by atoms with Crippen LogP contribution in [0.2, 0.25) is 0 Å². The quantitative estimate of drug-likeness (QED) is 0.661. The Morgan fingerprint density at radius 1 is 0.923 bits per heavy atom. The lowest BCUT2D eigenvalue weighted by Crippen LogP contribution is -2.06. The highest BCUT2D eigenvalue weighted by Gasteiger charge is 2.30. The van der Waals surface area contributed by atoms with Crippen molar-refractivity contribution in [3.63, 3.8) is 0 Å². The molecule has 2 N–H and O–H groups in total. The number of hydrogen-bond acceptors (Lipinski definition) is 4. The smallest absolute Gasteiger partial charge is 0.366 e. The van der Waals surface area contributed by atoms with Crippen molar-refractivity contribution in [2.75, 3.05) is 10.6 Å². The van der Waals surface area contributed by atoms with Gasteiger partial charge in [0.15, 0.2) is 0 Å². The molecule has 3 rings (SSSR count). The summed E-state index contributed by atoms with van der Waals surface area (Å²) in [6.45, 7) is 2.60. The molecular formula is C19H17F3N4. The fourth-order valence-corrected chi connectivity index (χ4v) is 2.46. The molecular weight excluding hydrogens is 341 g/mol. The molecule has 134 valence electrons. The number of nitrogens with zero attached hydrogens (tertiary/aromatic N) is 2. The van der Waals surface area contributed by atoms with Crippen LogP contribution in [0.25, 0.3) is 0 Å². The molecule has 0 atom stereocenters. The number of anilines is 3. The Labute approximate surface area is 149 Å². The molecule has 0 saturated heterocycles. The average Bonchev–Trinajstić information content (AvgIpc) is 2.60. The summed E-state index contributed by atoms with van der Waals surface area (Å²) in [5.41, 5.74) is 1.87. The molecule has 0 radical (unpaired) electrons. The maximum atomic E-state index is 12.8. The first-order valence-electron chi connectivity index (χ1n) is 7.96. The first-order valence-corrected chi connectivity index (χ1v) is 7.96. The minimum atomic E-state index is -4.39. The number of alkyl halides is 3. The zero-order chi connectivity index (χ0) is 18.6. The van der Waals surface area contributed by atoms with Gasteiger partial charge in [-0.3, -0.25) is 0 Å². The summed E-state index contributed by atoms with van der Waals surface area (Å²) in [6, 6.07) is 14.7. The van der Waals surface area contributed by atoms with E-state index in [2.05, 4.69) is 26.7 Å². The van der Waals surface area contributed by atoms with Crippen LogP contribution < -0.4 is 10.6 Å². The highest BCUT2D eigenvalue weighted by molar-refractivity contribution is 5.59. The molecule has 0 bridgehead atoms. The molecule has 3 aromatic rings.